The molecule has 0 fully saturated rings. The topological polar surface area (TPSA) is 101 Å². The molecule has 31 heavy (non-hydrogen) atoms. The first kappa shape index (κ1) is 21.5. The number of rotatable bonds is 7. The third-order valence-corrected chi connectivity index (χ3v) is 6.33. The number of carbonyl (C=O) groups excluding carboxylic acids is 1. The average Bonchev–Trinajstić information content (AvgIpc) is 3.36. The van der Waals surface area contributed by atoms with E-state index in [0.717, 1.165) is 33.0 Å². The largest absolute Gasteiger partial charge is 0.493 e. The fraction of sp³-hybridized carbons (Fsp3) is 0.409. The van der Waals surface area contributed by atoms with Gasteiger partial charge in [0.05, 0.1) is 38.3 Å². The molecule has 8 nitrogen and oxygen atoms in total. The van der Waals surface area contributed by atoms with E-state index in [1.807, 2.05) is 38.2 Å². The number of hydrogen-bond donors (Lipinski definition) is 2. The maximum absolute atomic E-state index is 13.0. The van der Waals surface area contributed by atoms with Gasteiger partial charge in [0.25, 0.3) is 5.91 Å². The molecule has 1 aromatic carbocycles. The van der Waals surface area contributed by atoms with E-state index >= 15 is 0 Å². The van der Waals surface area contributed by atoms with Crippen molar-refractivity contribution in [3.8, 4) is 28.1 Å². The minimum Gasteiger partial charge on any atom is -0.493 e. The molecule has 0 unspecified atom stereocenters. The van der Waals surface area contributed by atoms with Gasteiger partial charge in [0.2, 0.25) is 0 Å². The molecular weight excluding hydrogens is 416 g/mol. The lowest BCUT2D eigenvalue weighted by Crippen LogP contribution is -2.38. The number of aliphatic hydroxyl groups excluding tert-OH is 2. The molecule has 3 aromatic rings. The van der Waals surface area contributed by atoms with Crippen LogP contribution >= 0.6 is 11.3 Å². The highest BCUT2D eigenvalue weighted by Crippen LogP contribution is 2.40. The Bertz CT molecular complexity index is 1080. The molecule has 2 aromatic heterocycles. The van der Waals surface area contributed by atoms with Gasteiger partial charge in [-0.3, -0.25) is 9.48 Å². The lowest BCUT2D eigenvalue weighted by Gasteiger charge is -2.24. The Morgan fingerprint density at radius 3 is 2.87 bits per heavy atom. The molecule has 164 valence electrons. The molecule has 0 bridgehead atoms. The summed E-state index contributed by atoms with van der Waals surface area (Å²) in [5.41, 5.74) is 3.53. The average molecular weight is 443 g/mol. The standard InChI is InChI=1S/C22H26N4O4S/c1-14(2)26(7-9-28)22(29)21-24-20-17-11-15(16-12-23-25(13-16)6-8-27)3-4-18(17)30-10-5-19(20)31-21/h3-4,11-14,27-28H,5-10H2,1-2H3. The Labute approximate surface area is 184 Å². The van der Waals surface area contributed by atoms with Crippen molar-refractivity contribution >= 4 is 17.2 Å². The molecule has 0 aliphatic carbocycles. The highest BCUT2D eigenvalue weighted by atomic mass is 32.1. The summed E-state index contributed by atoms with van der Waals surface area (Å²) >= 11 is 1.40. The minimum absolute atomic E-state index is 0.0268. The summed E-state index contributed by atoms with van der Waals surface area (Å²) in [4.78, 5) is 20.4. The predicted molar refractivity (Wildman–Crippen MR) is 118 cm³/mol. The maximum atomic E-state index is 13.0. The van der Waals surface area contributed by atoms with Crippen molar-refractivity contribution in [2.24, 2.45) is 0 Å². The zero-order valence-corrected chi connectivity index (χ0v) is 18.4. The Morgan fingerprint density at radius 2 is 2.13 bits per heavy atom. The smallest absolute Gasteiger partial charge is 0.283 e. The van der Waals surface area contributed by atoms with Gasteiger partial charge in [-0.2, -0.15) is 5.10 Å². The van der Waals surface area contributed by atoms with E-state index in [0.29, 0.717) is 24.6 Å². The highest BCUT2D eigenvalue weighted by Gasteiger charge is 2.27. The normalized spacial score (nSPS) is 12.8. The van der Waals surface area contributed by atoms with Crippen molar-refractivity contribution < 1.29 is 19.7 Å². The van der Waals surface area contributed by atoms with Gasteiger partial charge in [0.1, 0.15) is 5.75 Å². The van der Waals surface area contributed by atoms with E-state index in [1.165, 1.54) is 11.3 Å². The van der Waals surface area contributed by atoms with Crippen LogP contribution in [0.1, 0.15) is 28.5 Å². The molecule has 2 N–H and O–H groups in total. The zero-order chi connectivity index (χ0) is 22.0. The number of aliphatic hydroxyl groups is 2. The van der Waals surface area contributed by atoms with Gasteiger partial charge in [-0.15, -0.1) is 11.3 Å². The fourth-order valence-corrected chi connectivity index (χ4v) is 4.67. The van der Waals surface area contributed by atoms with Crippen LogP contribution in [0.15, 0.2) is 30.6 Å². The lowest BCUT2D eigenvalue weighted by atomic mass is 10.0. The van der Waals surface area contributed by atoms with Crippen LogP contribution in [-0.2, 0) is 13.0 Å². The first-order valence-electron chi connectivity index (χ1n) is 10.3. The summed E-state index contributed by atoms with van der Waals surface area (Å²) in [5, 5.41) is 23.2. The molecule has 1 aliphatic heterocycles. The Balaban J connectivity index is 1.72. The molecule has 9 heteroatoms. The summed E-state index contributed by atoms with van der Waals surface area (Å²) in [6, 6.07) is 5.89. The van der Waals surface area contributed by atoms with Gasteiger partial charge in [0.15, 0.2) is 5.01 Å². The Morgan fingerprint density at radius 1 is 1.29 bits per heavy atom. The summed E-state index contributed by atoms with van der Waals surface area (Å²) in [7, 11) is 0. The molecule has 3 heterocycles. The van der Waals surface area contributed by atoms with Crippen LogP contribution in [0.2, 0.25) is 0 Å². The van der Waals surface area contributed by atoms with Gasteiger partial charge in [-0.25, -0.2) is 4.98 Å². The van der Waals surface area contributed by atoms with E-state index in [-0.39, 0.29) is 31.7 Å². The molecule has 0 atom stereocenters. The second kappa shape index (κ2) is 9.17. The monoisotopic (exact) mass is 442 g/mol. The minimum atomic E-state index is -0.161. The van der Waals surface area contributed by atoms with Crippen molar-refractivity contribution in [2.75, 3.05) is 26.4 Å². The number of carbonyl (C=O) groups is 1. The Hall–Kier alpha value is -2.75. The van der Waals surface area contributed by atoms with E-state index in [9.17, 15) is 9.90 Å². The molecule has 4 rings (SSSR count). The van der Waals surface area contributed by atoms with Crippen LogP contribution in [0, 0.1) is 0 Å². The predicted octanol–water partition coefficient (Wildman–Crippen LogP) is 2.44. The first-order valence-corrected chi connectivity index (χ1v) is 11.2. The molecule has 0 saturated heterocycles. The van der Waals surface area contributed by atoms with Gasteiger partial charge >= 0.3 is 0 Å². The van der Waals surface area contributed by atoms with Gasteiger partial charge in [0, 0.05) is 41.2 Å². The quantitative estimate of drug-likeness (QED) is 0.583. The second-order valence-corrected chi connectivity index (χ2v) is 8.72. The summed E-state index contributed by atoms with van der Waals surface area (Å²) in [6.45, 7) is 5.05. The van der Waals surface area contributed by atoms with Crippen LogP contribution in [0.4, 0.5) is 0 Å². The van der Waals surface area contributed by atoms with E-state index in [4.69, 9.17) is 14.8 Å². The summed E-state index contributed by atoms with van der Waals surface area (Å²) < 4.78 is 7.63. The molecular formula is C22H26N4O4S. The van der Waals surface area contributed by atoms with Crippen LogP contribution in [0.25, 0.3) is 22.4 Å². The number of fused-ring (bicyclic) bond motifs is 3. The SMILES string of the molecule is CC(C)N(CCO)C(=O)c1nc2c(s1)CCOc1ccc(-c3cnn(CCO)c3)cc1-2. The fourth-order valence-electron chi connectivity index (χ4n) is 3.66. The molecule has 1 aliphatic rings. The van der Waals surface area contributed by atoms with Crippen LogP contribution in [0.3, 0.4) is 0 Å². The van der Waals surface area contributed by atoms with Crippen LogP contribution in [-0.4, -0.2) is 68.2 Å². The third-order valence-electron chi connectivity index (χ3n) is 5.22. The molecule has 1 amide bonds. The third kappa shape index (κ3) is 4.34. The van der Waals surface area contributed by atoms with Crippen molar-refractivity contribution in [3.63, 3.8) is 0 Å². The first-order chi connectivity index (χ1) is 15.0. The number of amides is 1. The Kier molecular flexibility index (Phi) is 6.35. The van der Waals surface area contributed by atoms with Gasteiger partial charge in [-0.05, 0) is 31.5 Å². The van der Waals surface area contributed by atoms with E-state index < -0.39 is 0 Å². The van der Waals surface area contributed by atoms with Crippen LogP contribution in [0.5, 0.6) is 5.75 Å². The lowest BCUT2D eigenvalue weighted by molar-refractivity contribution is 0.0665. The van der Waals surface area contributed by atoms with Gasteiger partial charge < -0.3 is 19.8 Å². The van der Waals surface area contributed by atoms with Crippen LogP contribution < -0.4 is 4.74 Å². The summed E-state index contributed by atoms with van der Waals surface area (Å²) in [6.07, 6.45) is 4.34. The van der Waals surface area contributed by atoms with E-state index in [1.54, 1.807) is 15.8 Å². The highest BCUT2D eigenvalue weighted by molar-refractivity contribution is 7.14. The number of aromatic nitrogens is 3. The van der Waals surface area contributed by atoms with Crippen molar-refractivity contribution in [1.29, 1.82) is 0 Å². The maximum Gasteiger partial charge on any atom is 0.283 e. The molecule has 0 saturated carbocycles. The summed E-state index contributed by atoms with van der Waals surface area (Å²) in [5.74, 6) is 0.580. The number of thiazole rings is 1. The van der Waals surface area contributed by atoms with Crippen molar-refractivity contribution in [2.45, 2.75) is 32.9 Å². The van der Waals surface area contributed by atoms with E-state index in [2.05, 4.69) is 5.10 Å². The number of hydrogen-bond acceptors (Lipinski definition) is 7. The number of ether oxygens (including phenoxy) is 1. The second-order valence-electron chi connectivity index (χ2n) is 7.63. The van der Waals surface area contributed by atoms with Crippen molar-refractivity contribution in [3.05, 3.63) is 40.5 Å². The number of nitrogens with zero attached hydrogens (tertiary/aromatic N) is 4. The zero-order valence-electron chi connectivity index (χ0n) is 17.6. The molecule has 0 spiro atoms. The number of benzene rings is 1. The molecule has 0 radical (unpaired) electrons. The van der Waals surface area contributed by atoms with Gasteiger partial charge in [-0.1, -0.05) is 6.07 Å². The van der Waals surface area contributed by atoms with Crippen molar-refractivity contribution in [1.82, 2.24) is 19.7 Å².